The van der Waals surface area contributed by atoms with Crippen molar-refractivity contribution in [2.45, 2.75) is 44.6 Å². The van der Waals surface area contributed by atoms with Crippen LogP contribution in [0, 0.1) is 17.0 Å². The molecule has 0 atom stereocenters. The van der Waals surface area contributed by atoms with E-state index in [1.54, 1.807) is 12.1 Å². The van der Waals surface area contributed by atoms with Gasteiger partial charge in [-0.3, -0.25) is 14.9 Å². The van der Waals surface area contributed by atoms with Crippen LogP contribution in [0.5, 0.6) is 0 Å². The Bertz CT molecular complexity index is 869. The Kier molecular flexibility index (Phi) is 5.73. The van der Waals surface area contributed by atoms with Crippen LogP contribution in [0.3, 0.4) is 0 Å². The molecule has 0 spiro atoms. The molecule has 1 aliphatic rings. The van der Waals surface area contributed by atoms with Crippen molar-refractivity contribution < 1.29 is 19.2 Å². The van der Waals surface area contributed by atoms with E-state index in [4.69, 9.17) is 4.74 Å². The number of nitrogens with zero attached hydrogens (tertiary/aromatic N) is 1. The van der Waals surface area contributed by atoms with E-state index in [1.165, 1.54) is 24.3 Å². The van der Waals surface area contributed by atoms with Gasteiger partial charge in [0.1, 0.15) is 0 Å². The SMILES string of the molecule is Cc1ccc(C(=O)OC2(C(=O)Nc3ccc([N+](=O)[O-])cc3)CCCCC2)cc1. The number of ether oxygens (including phenoxy) is 1. The molecule has 0 radical (unpaired) electrons. The van der Waals surface area contributed by atoms with Crippen LogP contribution in [-0.4, -0.2) is 22.4 Å². The van der Waals surface area contributed by atoms with Crippen molar-refractivity contribution in [2.75, 3.05) is 5.32 Å². The predicted octanol–water partition coefficient (Wildman–Crippen LogP) is 4.40. The van der Waals surface area contributed by atoms with Gasteiger partial charge in [-0.15, -0.1) is 0 Å². The molecule has 2 aromatic carbocycles. The highest BCUT2D eigenvalue weighted by Gasteiger charge is 2.43. The number of hydrogen-bond donors (Lipinski definition) is 1. The summed E-state index contributed by atoms with van der Waals surface area (Å²) in [6.07, 6.45) is 3.45. The van der Waals surface area contributed by atoms with Crippen LogP contribution in [0.25, 0.3) is 0 Å². The van der Waals surface area contributed by atoms with Crippen LogP contribution in [0.4, 0.5) is 11.4 Å². The minimum absolute atomic E-state index is 0.0591. The predicted molar refractivity (Wildman–Crippen MR) is 104 cm³/mol. The minimum Gasteiger partial charge on any atom is -0.445 e. The van der Waals surface area contributed by atoms with E-state index in [0.29, 0.717) is 24.1 Å². The Balaban J connectivity index is 1.78. The van der Waals surface area contributed by atoms with E-state index < -0.39 is 22.4 Å². The molecule has 1 N–H and O–H groups in total. The van der Waals surface area contributed by atoms with Crippen LogP contribution in [0.15, 0.2) is 48.5 Å². The van der Waals surface area contributed by atoms with Gasteiger partial charge >= 0.3 is 5.97 Å². The van der Waals surface area contributed by atoms with Gasteiger partial charge in [-0.2, -0.15) is 0 Å². The number of carbonyl (C=O) groups excluding carboxylic acids is 2. The highest BCUT2D eigenvalue weighted by molar-refractivity contribution is 6.00. The highest BCUT2D eigenvalue weighted by Crippen LogP contribution is 2.34. The number of nitro groups is 1. The summed E-state index contributed by atoms with van der Waals surface area (Å²) in [6, 6.07) is 12.6. The number of hydrogen-bond acceptors (Lipinski definition) is 5. The van der Waals surface area contributed by atoms with E-state index in [1.807, 2.05) is 19.1 Å². The number of carbonyl (C=O) groups is 2. The Hall–Kier alpha value is -3.22. The molecule has 1 aliphatic carbocycles. The van der Waals surface area contributed by atoms with Gasteiger partial charge in [-0.05, 0) is 56.9 Å². The molecule has 0 heterocycles. The van der Waals surface area contributed by atoms with Crippen molar-refractivity contribution in [1.29, 1.82) is 0 Å². The lowest BCUT2D eigenvalue weighted by Gasteiger charge is -2.35. The number of amides is 1. The molecule has 0 bridgehead atoms. The molecule has 7 heteroatoms. The summed E-state index contributed by atoms with van der Waals surface area (Å²) in [5, 5.41) is 13.5. The van der Waals surface area contributed by atoms with E-state index in [-0.39, 0.29) is 5.69 Å². The summed E-state index contributed by atoms with van der Waals surface area (Å²) in [4.78, 5) is 35.9. The number of aryl methyl sites for hydroxylation is 1. The van der Waals surface area contributed by atoms with Crippen LogP contribution in [0.1, 0.15) is 48.0 Å². The monoisotopic (exact) mass is 382 g/mol. The van der Waals surface area contributed by atoms with Crippen molar-refractivity contribution >= 4 is 23.3 Å². The first-order valence-corrected chi connectivity index (χ1v) is 9.26. The van der Waals surface area contributed by atoms with Crippen molar-refractivity contribution in [3.63, 3.8) is 0 Å². The molecule has 0 saturated heterocycles. The smallest absolute Gasteiger partial charge is 0.339 e. The van der Waals surface area contributed by atoms with E-state index >= 15 is 0 Å². The molecule has 0 aromatic heterocycles. The maximum absolute atomic E-state index is 13.0. The van der Waals surface area contributed by atoms with Gasteiger partial charge in [0.25, 0.3) is 11.6 Å². The number of non-ortho nitro benzene ring substituents is 1. The number of nitrogens with one attached hydrogen (secondary N) is 1. The number of anilines is 1. The largest absolute Gasteiger partial charge is 0.445 e. The lowest BCUT2D eigenvalue weighted by atomic mass is 9.83. The third-order valence-corrected chi connectivity index (χ3v) is 4.99. The highest BCUT2D eigenvalue weighted by atomic mass is 16.6. The fourth-order valence-electron chi connectivity index (χ4n) is 3.34. The molecule has 0 unspecified atom stereocenters. The first kappa shape index (κ1) is 19.5. The maximum Gasteiger partial charge on any atom is 0.339 e. The van der Waals surface area contributed by atoms with Crippen LogP contribution in [0.2, 0.25) is 0 Å². The molecular formula is C21H22N2O5. The van der Waals surface area contributed by atoms with Crippen molar-refractivity contribution in [3.8, 4) is 0 Å². The lowest BCUT2D eigenvalue weighted by molar-refractivity contribution is -0.384. The first-order chi connectivity index (χ1) is 13.4. The summed E-state index contributed by atoms with van der Waals surface area (Å²) in [7, 11) is 0. The molecule has 146 valence electrons. The van der Waals surface area contributed by atoms with Gasteiger partial charge in [0.2, 0.25) is 0 Å². The third-order valence-electron chi connectivity index (χ3n) is 4.99. The van der Waals surface area contributed by atoms with Crippen LogP contribution < -0.4 is 5.32 Å². The van der Waals surface area contributed by atoms with Gasteiger partial charge < -0.3 is 10.1 Å². The summed E-state index contributed by atoms with van der Waals surface area (Å²) in [5.41, 5.74) is 0.559. The number of rotatable bonds is 5. The van der Waals surface area contributed by atoms with Crippen LogP contribution in [-0.2, 0) is 9.53 Å². The standard InChI is InChI=1S/C21H22N2O5/c1-15-5-7-16(8-6-15)19(24)28-21(13-3-2-4-14-21)20(25)22-17-9-11-18(12-10-17)23(26)27/h5-12H,2-4,13-14H2,1H3,(H,22,25). The van der Waals surface area contributed by atoms with Gasteiger partial charge in [0, 0.05) is 17.8 Å². The summed E-state index contributed by atoms with van der Waals surface area (Å²) < 4.78 is 5.74. The average molecular weight is 382 g/mol. The minimum atomic E-state index is -1.23. The number of nitro benzene ring substituents is 1. The Morgan fingerprint density at radius 3 is 2.18 bits per heavy atom. The lowest BCUT2D eigenvalue weighted by Crippen LogP contribution is -2.48. The Morgan fingerprint density at radius 1 is 1.00 bits per heavy atom. The van der Waals surface area contributed by atoms with E-state index in [0.717, 1.165) is 24.8 Å². The van der Waals surface area contributed by atoms with Crippen LogP contribution >= 0.6 is 0 Å². The molecule has 3 rings (SSSR count). The summed E-state index contributed by atoms with van der Waals surface area (Å²) in [6.45, 7) is 1.93. The Morgan fingerprint density at radius 2 is 1.61 bits per heavy atom. The zero-order valence-electron chi connectivity index (χ0n) is 15.6. The molecule has 2 aromatic rings. The number of esters is 1. The molecule has 1 saturated carbocycles. The zero-order valence-corrected chi connectivity index (χ0v) is 15.6. The molecule has 7 nitrogen and oxygen atoms in total. The molecule has 28 heavy (non-hydrogen) atoms. The Labute approximate surface area is 162 Å². The van der Waals surface area contributed by atoms with Gasteiger partial charge in [-0.1, -0.05) is 24.1 Å². The fraction of sp³-hybridized carbons (Fsp3) is 0.333. The van der Waals surface area contributed by atoms with E-state index in [2.05, 4.69) is 5.32 Å². The number of benzene rings is 2. The molecule has 1 amide bonds. The van der Waals surface area contributed by atoms with Crippen molar-refractivity contribution in [1.82, 2.24) is 0 Å². The topological polar surface area (TPSA) is 98.5 Å². The first-order valence-electron chi connectivity index (χ1n) is 9.26. The fourth-order valence-corrected chi connectivity index (χ4v) is 3.34. The third kappa shape index (κ3) is 4.36. The zero-order chi connectivity index (χ0) is 20.1. The average Bonchev–Trinajstić information content (AvgIpc) is 2.69. The maximum atomic E-state index is 13.0. The van der Waals surface area contributed by atoms with Crippen molar-refractivity contribution in [2.24, 2.45) is 0 Å². The van der Waals surface area contributed by atoms with Gasteiger partial charge in [0.05, 0.1) is 10.5 Å². The molecular weight excluding hydrogens is 360 g/mol. The summed E-state index contributed by atoms with van der Waals surface area (Å²) >= 11 is 0. The van der Waals surface area contributed by atoms with E-state index in [9.17, 15) is 19.7 Å². The normalized spacial score (nSPS) is 15.5. The second-order valence-electron chi connectivity index (χ2n) is 7.07. The van der Waals surface area contributed by atoms with Gasteiger partial charge in [-0.25, -0.2) is 4.79 Å². The summed E-state index contributed by atoms with van der Waals surface area (Å²) in [5.74, 6) is -0.928. The second-order valence-corrected chi connectivity index (χ2v) is 7.07. The van der Waals surface area contributed by atoms with Gasteiger partial charge in [0.15, 0.2) is 5.60 Å². The molecule has 0 aliphatic heterocycles. The molecule has 1 fully saturated rings. The second kappa shape index (κ2) is 8.21. The van der Waals surface area contributed by atoms with Crippen molar-refractivity contribution in [3.05, 3.63) is 69.8 Å². The quantitative estimate of drug-likeness (QED) is 0.469.